The molecular formula is C22H28N4O4S. The van der Waals surface area contributed by atoms with E-state index in [0.29, 0.717) is 23.8 Å². The van der Waals surface area contributed by atoms with Crippen molar-refractivity contribution in [2.75, 3.05) is 26.8 Å². The number of hydrogen-bond acceptors (Lipinski definition) is 8. The quantitative estimate of drug-likeness (QED) is 0.559. The fraction of sp³-hybridized carbons (Fsp3) is 0.500. The third-order valence-electron chi connectivity index (χ3n) is 5.73. The van der Waals surface area contributed by atoms with Crippen molar-refractivity contribution in [1.29, 1.82) is 0 Å². The summed E-state index contributed by atoms with van der Waals surface area (Å²) in [6.07, 6.45) is 2.16. The predicted molar refractivity (Wildman–Crippen MR) is 118 cm³/mol. The van der Waals surface area contributed by atoms with E-state index in [9.17, 15) is 9.90 Å². The van der Waals surface area contributed by atoms with Crippen LogP contribution >= 0.6 is 11.3 Å². The van der Waals surface area contributed by atoms with Crippen LogP contribution in [0.2, 0.25) is 0 Å². The lowest BCUT2D eigenvalue weighted by atomic mass is 9.93. The maximum absolute atomic E-state index is 12.2. The monoisotopic (exact) mass is 444 g/mol. The Morgan fingerprint density at radius 3 is 2.74 bits per heavy atom. The molecule has 3 heterocycles. The zero-order chi connectivity index (χ0) is 22.0. The van der Waals surface area contributed by atoms with E-state index in [1.54, 1.807) is 7.11 Å². The molecule has 8 nitrogen and oxygen atoms in total. The van der Waals surface area contributed by atoms with Gasteiger partial charge in [0.05, 0.1) is 30.6 Å². The number of hydrogen-bond donors (Lipinski definition) is 1. The first kappa shape index (κ1) is 21.6. The van der Waals surface area contributed by atoms with Gasteiger partial charge in [-0.2, -0.15) is 4.52 Å². The van der Waals surface area contributed by atoms with Gasteiger partial charge in [0.2, 0.25) is 10.8 Å². The number of thiazole rings is 1. The van der Waals surface area contributed by atoms with E-state index in [-0.39, 0.29) is 23.8 Å². The van der Waals surface area contributed by atoms with Crippen LogP contribution in [-0.4, -0.2) is 57.4 Å². The highest BCUT2D eigenvalue weighted by Crippen LogP contribution is 2.42. The fourth-order valence-electron chi connectivity index (χ4n) is 4.11. The highest BCUT2D eigenvalue weighted by Gasteiger charge is 2.34. The number of nitrogens with zero attached hydrogens (tertiary/aromatic N) is 4. The number of piperidine rings is 1. The van der Waals surface area contributed by atoms with Crippen molar-refractivity contribution in [3.8, 4) is 11.6 Å². The van der Waals surface area contributed by atoms with E-state index < -0.39 is 0 Å². The molecular weight excluding hydrogens is 416 g/mol. The number of aryl methyl sites for hydroxylation is 1. The number of esters is 1. The molecule has 0 amide bonds. The van der Waals surface area contributed by atoms with Gasteiger partial charge in [0, 0.05) is 6.42 Å². The highest BCUT2D eigenvalue weighted by molar-refractivity contribution is 7.17. The molecule has 0 aliphatic carbocycles. The Bertz CT molecular complexity index is 1060. The van der Waals surface area contributed by atoms with Gasteiger partial charge in [0.15, 0.2) is 5.82 Å². The lowest BCUT2D eigenvalue weighted by Gasteiger charge is -2.36. The van der Waals surface area contributed by atoms with Crippen LogP contribution in [-0.2, 0) is 16.0 Å². The molecule has 4 rings (SSSR count). The SMILES string of the molecule is CCOC(=O)C1CCN([C@H](c2cccc(OC)c2)c2sc3nc(CC)nn3c2O)CC1. The van der Waals surface area contributed by atoms with Gasteiger partial charge in [0.25, 0.3) is 0 Å². The normalized spacial score (nSPS) is 16.5. The second-order valence-corrected chi connectivity index (χ2v) is 8.62. The molecule has 0 saturated carbocycles. The number of benzene rings is 1. The molecule has 1 saturated heterocycles. The summed E-state index contributed by atoms with van der Waals surface area (Å²) in [6.45, 7) is 5.67. The largest absolute Gasteiger partial charge is 0.497 e. The average molecular weight is 445 g/mol. The van der Waals surface area contributed by atoms with Crippen LogP contribution in [0.3, 0.4) is 0 Å². The molecule has 166 valence electrons. The van der Waals surface area contributed by atoms with Gasteiger partial charge >= 0.3 is 5.97 Å². The number of rotatable bonds is 7. The summed E-state index contributed by atoms with van der Waals surface area (Å²) in [5.74, 6) is 1.39. The molecule has 9 heteroatoms. The minimum Gasteiger partial charge on any atom is -0.497 e. The summed E-state index contributed by atoms with van der Waals surface area (Å²) in [5.41, 5.74) is 1.02. The average Bonchev–Trinajstić information content (AvgIpc) is 3.34. The smallest absolute Gasteiger partial charge is 0.309 e. The van der Waals surface area contributed by atoms with E-state index in [1.165, 1.54) is 15.9 Å². The molecule has 2 aromatic heterocycles. The second-order valence-electron chi connectivity index (χ2n) is 7.61. The highest BCUT2D eigenvalue weighted by atomic mass is 32.1. The summed E-state index contributed by atoms with van der Waals surface area (Å²) < 4.78 is 12.2. The van der Waals surface area contributed by atoms with Crippen molar-refractivity contribution in [2.24, 2.45) is 5.92 Å². The van der Waals surface area contributed by atoms with Crippen LogP contribution in [0.1, 0.15) is 49.0 Å². The maximum atomic E-state index is 12.2. The lowest BCUT2D eigenvalue weighted by Crippen LogP contribution is -2.39. The molecule has 0 bridgehead atoms. The zero-order valence-corrected chi connectivity index (χ0v) is 18.9. The van der Waals surface area contributed by atoms with Crippen LogP contribution < -0.4 is 4.74 Å². The molecule has 1 aromatic carbocycles. The fourth-order valence-corrected chi connectivity index (χ4v) is 5.25. The van der Waals surface area contributed by atoms with Crippen molar-refractivity contribution in [2.45, 2.75) is 39.2 Å². The molecule has 0 spiro atoms. The van der Waals surface area contributed by atoms with Gasteiger partial charge in [0.1, 0.15) is 5.75 Å². The van der Waals surface area contributed by atoms with Crippen molar-refractivity contribution < 1.29 is 19.4 Å². The number of fused-ring (bicyclic) bond motifs is 1. The maximum Gasteiger partial charge on any atom is 0.309 e. The predicted octanol–water partition coefficient (Wildman–Crippen LogP) is 3.43. The standard InChI is InChI=1S/C22H28N4O4S/c1-4-17-23-22-26(24-17)20(27)19(31-22)18(15-7-6-8-16(13-15)29-3)25-11-9-14(10-12-25)21(28)30-5-2/h6-8,13-14,18,27H,4-5,9-12H2,1-3H3/t18-/m1/s1. The number of aromatic nitrogens is 3. The summed E-state index contributed by atoms with van der Waals surface area (Å²) >= 11 is 1.45. The first-order chi connectivity index (χ1) is 15.0. The molecule has 0 unspecified atom stereocenters. The van der Waals surface area contributed by atoms with Gasteiger partial charge in [-0.05, 0) is 50.6 Å². The van der Waals surface area contributed by atoms with Gasteiger partial charge in [-0.1, -0.05) is 30.4 Å². The Kier molecular flexibility index (Phi) is 6.43. The van der Waals surface area contributed by atoms with Crippen molar-refractivity contribution in [3.05, 3.63) is 40.5 Å². The van der Waals surface area contributed by atoms with Crippen LogP contribution in [0.15, 0.2) is 24.3 Å². The van der Waals surface area contributed by atoms with Crippen molar-refractivity contribution >= 4 is 22.3 Å². The number of aromatic hydroxyl groups is 1. The van der Waals surface area contributed by atoms with Crippen molar-refractivity contribution in [1.82, 2.24) is 19.5 Å². The van der Waals surface area contributed by atoms with E-state index in [0.717, 1.165) is 42.1 Å². The number of carbonyl (C=O) groups excluding carboxylic acids is 1. The van der Waals surface area contributed by atoms with Gasteiger partial charge < -0.3 is 14.6 Å². The van der Waals surface area contributed by atoms with Gasteiger partial charge in [-0.25, -0.2) is 4.98 Å². The Hall–Kier alpha value is -2.65. The first-order valence-corrected chi connectivity index (χ1v) is 11.5. The second kappa shape index (κ2) is 9.23. The summed E-state index contributed by atoms with van der Waals surface area (Å²) in [7, 11) is 1.64. The molecule has 1 N–H and O–H groups in total. The molecule has 0 radical (unpaired) electrons. The Labute approximate surface area is 185 Å². The minimum absolute atomic E-state index is 0.0785. The first-order valence-electron chi connectivity index (χ1n) is 10.7. The zero-order valence-electron chi connectivity index (χ0n) is 18.1. The minimum atomic E-state index is -0.183. The Balaban J connectivity index is 1.68. The van der Waals surface area contributed by atoms with Crippen LogP contribution in [0, 0.1) is 5.92 Å². The topological polar surface area (TPSA) is 89.2 Å². The Morgan fingerprint density at radius 1 is 1.32 bits per heavy atom. The molecule has 31 heavy (non-hydrogen) atoms. The molecule has 3 aromatic rings. The third-order valence-corrected chi connectivity index (χ3v) is 6.80. The van der Waals surface area contributed by atoms with Gasteiger partial charge in [-0.3, -0.25) is 9.69 Å². The van der Waals surface area contributed by atoms with E-state index in [4.69, 9.17) is 9.47 Å². The molecule has 1 aliphatic heterocycles. The van der Waals surface area contributed by atoms with Crippen LogP contribution in [0.4, 0.5) is 0 Å². The third kappa shape index (κ3) is 4.24. The number of ether oxygens (including phenoxy) is 2. The molecule has 1 fully saturated rings. The molecule has 1 atom stereocenters. The van der Waals surface area contributed by atoms with Gasteiger partial charge in [-0.15, -0.1) is 5.10 Å². The van der Waals surface area contributed by atoms with E-state index in [2.05, 4.69) is 15.0 Å². The summed E-state index contributed by atoms with van der Waals surface area (Å²) in [4.78, 5) is 20.5. The Morgan fingerprint density at radius 2 is 2.10 bits per heavy atom. The number of carbonyl (C=O) groups is 1. The van der Waals surface area contributed by atoms with E-state index in [1.807, 2.05) is 38.1 Å². The lowest BCUT2D eigenvalue weighted by molar-refractivity contribution is -0.149. The number of likely N-dealkylation sites (tertiary alicyclic amines) is 1. The van der Waals surface area contributed by atoms with Crippen molar-refractivity contribution in [3.63, 3.8) is 0 Å². The summed E-state index contributed by atoms with van der Waals surface area (Å²) in [6, 6.07) is 7.71. The number of methoxy groups -OCH3 is 1. The van der Waals surface area contributed by atoms with Crippen LogP contribution in [0.5, 0.6) is 11.6 Å². The van der Waals surface area contributed by atoms with Crippen LogP contribution in [0.25, 0.3) is 4.96 Å². The summed E-state index contributed by atoms with van der Waals surface area (Å²) in [5, 5.41) is 15.5. The molecule has 1 aliphatic rings. The van der Waals surface area contributed by atoms with E-state index >= 15 is 0 Å².